The number of rotatable bonds is 12. The summed E-state index contributed by atoms with van der Waals surface area (Å²) < 4.78 is 10.8. The monoisotopic (exact) mass is 544 g/mol. The minimum atomic E-state index is -1.39. The summed E-state index contributed by atoms with van der Waals surface area (Å²) in [5, 5.41) is 14.3. The highest BCUT2D eigenvalue weighted by Crippen LogP contribution is 2.44. The number of esters is 1. The van der Waals surface area contributed by atoms with E-state index in [9.17, 15) is 24.3 Å². The number of carboxylic acids is 1. The van der Waals surface area contributed by atoms with Gasteiger partial charge >= 0.3 is 18.0 Å². The van der Waals surface area contributed by atoms with Crippen molar-refractivity contribution in [2.75, 3.05) is 6.61 Å². The third kappa shape index (κ3) is 7.05. The summed E-state index contributed by atoms with van der Waals surface area (Å²) in [7, 11) is 0. The van der Waals surface area contributed by atoms with E-state index in [0.29, 0.717) is 6.42 Å². The van der Waals surface area contributed by atoms with Crippen LogP contribution in [0.2, 0.25) is 0 Å². The van der Waals surface area contributed by atoms with Crippen LogP contribution in [0.15, 0.2) is 78.9 Å². The maximum absolute atomic E-state index is 13.0. The molecule has 0 saturated carbocycles. The Morgan fingerprint density at radius 1 is 0.800 bits per heavy atom. The molecule has 1 aliphatic rings. The molecule has 9 nitrogen and oxygen atoms in total. The van der Waals surface area contributed by atoms with Gasteiger partial charge in [0, 0.05) is 5.92 Å². The van der Waals surface area contributed by atoms with Crippen LogP contribution >= 0.6 is 0 Å². The molecule has 2 atom stereocenters. The van der Waals surface area contributed by atoms with Gasteiger partial charge < -0.3 is 25.2 Å². The van der Waals surface area contributed by atoms with Crippen molar-refractivity contribution in [3.63, 3.8) is 0 Å². The van der Waals surface area contributed by atoms with Crippen LogP contribution in [-0.2, 0) is 30.5 Å². The molecule has 0 aromatic heterocycles. The Hall–Kier alpha value is -4.66. The van der Waals surface area contributed by atoms with Crippen molar-refractivity contribution < 1.29 is 33.8 Å². The average Bonchev–Trinajstić information content (AvgIpc) is 3.28. The number of carbonyl (C=O) groups is 4. The lowest BCUT2D eigenvalue weighted by Gasteiger charge is -2.21. The molecule has 0 saturated heterocycles. The minimum absolute atomic E-state index is 0.00740. The number of alkyl carbamates (subject to hydrolysis) is 1. The number of hydrogen-bond donors (Lipinski definition) is 3. The molecular weight excluding hydrogens is 512 g/mol. The molecule has 0 unspecified atom stereocenters. The van der Waals surface area contributed by atoms with Gasteiger partial charge in [-0.3, -0.25) is 9.59 Å². The van der Waals surface area contributed by atoms with Gasteiger partial charge in [-0.2, -0.15) is 0 Å². The zero-order valence-corrected chi connectivity index (χ0v) is 22.2. The van der Waals surface area contributed by atoms with Crippen LogP contribution in [0.25, 0.3) is 11.1 Å². The summed E-state index contributed by atoms with van der Waals surface area (Å²) in [5.41, 5.74) is 4.95. The fraction of sp³-hybridized carbons (Fsp3) is 0.290. The average molecular weight is 545 g/mol. The second-order valence-corrected chi connectivity index (χ2v) is 9.56. The molecule has 9 heteroatoms. The van der Waals surface area contributed by atoms with Crippen molar-refractivity contribution in [2.45, 2.75) is 50.8 Å². The molecule has 1 aliphatic carbocycles. The Morgan fingerprint density at radius 3 is 2.00 bits per heavy atom. The molecule has 0 bridgehead atoms. The Labute approximate surface area is 232 Å². The second-order valence-electron chi connectivity index (χ2n) is 9.56. The normalized spacial score (nSPS) is 13.3. The highest BCUT2D eigenvalue weighted by molar-refractivity contribution is 5.92. The summed E-state index contributed by atoms with van der Waals surface area (Å²) in [4.78, 5) is 50.0. The van der Waals surface area contributed by atoms with Crippen molar-refractivity contribution in [3.8, 4) is 11.1 Å². The molecule has 0 fully saturated rings. The van der Waals surface area contributed by atoms with Crippen molar-refractivity contribution in [2.24, 2.45) is 0 Å². The number of carboxylic acid groups (broad SMARTS) is 1. The third-order valence-electron chi connectivity index (χ3n) is 6.76. The molecular formula is C31H32N2O7. The number of aliphatic carboxylic acids is 1. The highest BCUT2D eigenvalue weighted by Gasteiger charge is 2.31. The standard InChI is InChI=1S/C31H32N2O7/c1-2-10-26(30(36)37)32-29(35)27(17-28(34)39-18-20-11-4-3-5-12-20)33-31(38)40-19-25-23-15-8-6-13-21(23)22-14-7-9-16-24(22)25/h3-9,11-16,25-27H,2,10,17-19H2,1H3,(H,32,35)(H,33,38)(H,36,37)/t26-,27+/m1/s1. The second kappa shape index (κ2) is 13.4. The smallest absolute Gasteiger partial charge is 0.407 e. The van der Waals surface area contributed by atoms with Crippen molar-refractivity contribution in [1.82, 2.24) is 10.6 Å². The van der Waals surface area contributed by atoms with Crippen LogP contribution in [0.5, 0.6) is 0 Å². The first-order valence-electron chi connectivity index (χ1n) is 13.2. The first kappa shape index (κ1) is 28.4. The fourth-order valence-corrected chi connectivity index (χ4v) is 4.77. The Kier molecular flexibility index (Phi) is 9.51. The number of benzene rings is 3. The summed E-state index contributed by atoms with van der Waals surface area (Å²) in [6.45, 7) is 1.79. The predicted molar refractivity (Wildman–Crippen MR) is 147 cm³/mol. The predicted octanol–water partition coefficient (Wildman–Crippen LogP) is 4.40. The highest BCUT2D eigenvalue weighted by atomic mass is 16.5. The number of nitrogens with one attached hydrogen (secondary N) is 2. The number of ether oxygens (including phenoxy) is 2. The summed E-state index contributed by atoms with van der Waals surface area (Å²) >= 11 is 0. The van der Waals surface area contributed by atoms with Crippen LogP contribution in [0, 0.1) is 0 Å². The zero-order chi connectivity index (χ0) is 28.5. The van der Waals surface area contributed by atoms with E-state index in [-0.39, 0.29) is 25.6 Å². The van der Waals surface area contributed by atoms with E-state index in [0.717, 1.165) is 27.8 Å². The molecule has 0 radical (unpaired) electrons. The first-order chi connectivity index (χ1) is 19.4. The largest absolute Gasteiger partial charge is 0.480 e. The molecule has 208 valence electrons. The minimum Gasteiger partial charge on any atom is -0.480 e. The van der Waals surface area contributed by atoms with Gasteiger partial charge in [0.25, 0.3) is 0 Å². The molecule has 0 aliphatic heterocycles. The van der Waals surface area contributed by atoms with E-state index >= 15 is 0 Å². The van der Waals surface area contributed by atoms with Crippen LogP contribution < -0.4 is 10.6 Å². The Balaban J connectivity index is 1.42. The molecule has 40 heavy (non-hydrogen) atoms. The van der Waals surface area contributed by atoms with E-state index in [1.807, 2.05) is 54.6 Å². The van der Waals surface area contributed by atoms with E-state index in [1.54, 1.807) is 31.2 Å². The van der Waals surface area contributed by atoms with E-state index in [1.165, 1.54) is 0 Å². The van der Waals surface area contributed by atoms with Gasteiger partial charge in [-0.15, -0.1) is 0 Å². The van der Waals surface area contributed by atoms with E-state index in [4.69, 9.17) is 9.47 Å². The quantitative estimate of drug-likeness (QED) is 0.288. The van der Waals surface area contributed by atoms with Gasteiger partial charge in [0.15, 0.2) is 0 Å². The van der Waals surface area contributed by atoms with Gasteiger partial charge in [-0.1, -0.05) is 92.2 Å². The SMILES string of the molecule is CCC[C@@H](NC(=O)[C@H](CC(=O)OCc1ccccc1)NC(=O)OCC1c2ccccc2-c2ccccc21)C(=O)O. The number of carbonyl (C=O) groups excluding carboxylic acids is 3. The molecule has 4 rings (SSSR count). The van der Waals surface area contributed by atoms with Crippen LogP contribution in [0.4, 0.5) is 4.79 Å². The number of amides is 2. The zero-order valence-electron chi connectivity index (χ0n) is 22.2. The van der Waals surface area contributed by atoms with Crippen LogP contribution in [0.1, 0.15) is 48.8 Å². The first-order valence-corrected chi connectivity index (χ1v) is 13.2. The van der Waals surface area contributed by atoms with Crippen molar-refractivity contribution in [3.05, 3.63) is 95.6 Å². The molecule has 0 spiro atoms. The molecule has 3 aromatic rings. The maximum Gasteiger partial charge on any atom is 0.407 e. The maximum atomic E-state index is 13.0. The number of hydrogen-bond acceptors (Lipinski definition) is 6. The van der Waals surface area contributed by atoms with Crippen molar-refractivity contribution in [1.29, 1.82) is 0 Å². The van der Waals surface area contributed by atoms with Crippen LogP contribution in [-0.4, -0.2) is 47.7 Å². The van der Waals surface area contributed by atoms with Gasteiger partial charge in [-0.25, -0.2) is 9.59 Å². The van der Waals surface area contributed by atoms with E-state index in [2.05, 4.69) is 10.6 Å². The molecule has 3 N–H and O–H groups in total. The lowest BCUT2D eigenvalue weighted by atomic mass is 9.98. The number of fused-ring (bicyclic) bond motifs is 3. The van der Waals surface area contributed by atoms with E-state index < -0.39 is 42.4 Å². The lowest BCUT2D eigenvalue weighted by molar-refractivity contribution is -0.147. The Bertz CT molecular complexity index is 1310. The molecule has 2 amide bonds. The molecule has 0 heterocycles. The van der Waals surface area contributed by atoms with Gasteiger partial charge in [0.05, 0.1) is 6.42 Å². The third-order valence-corrected chi connectivity index (χ3v) is 6.76. The summed E-state index contributed by atoms with van der Waals surface area (Å²) in [5.74, 6) is -2.94. The summed E-state index contributed by atoms with van der Waals surface area (Å²) in [6, 6.07) is 22.2. The van der Waals surface area contributed by atoms with Gasteiger partial charge in [0.1, 0.15) is 25.3 Å². The molecule has 3 aromatic carbocycles. The van der Waals surface area contributed by atoms with Crippen molar-refractivity contribution >= 4 is 23.9 Å². The topological polar surface area (TPSA) is 131 Å². The van der Waals surface area contributed by atoms with Gasteiger partial charge in [0.2, 0.25) is 5.91 Å². The van der Waals surface area contributed by atoms with Gasteiger partial charge in [-0.05, 0) is 34.2 Å². The fourth-order valence-electron chi connectivity index (χ4n) is 4.77. The lowest BCUT2D eigenvalue weighted by Crippen LogP contribution is -2.52. The summed E-state index contributed by atoms with van der Waals surface area (Å²) in [6.07, 6.45) is -0.695. The Morgan fingerprint density at radius 2 is 1.40 bits per heavy atom. The van der Waals surface area contributed by atoms with Crippen LogP contribution in [0.3, 0.4) is 0 Å².